The summed E-state index contributed by atoms with van der Waals surface area (Å²) >= 11 is 6.39. The van der Waals surface area contributed by atoms with Gasteiger partial charge in [-0.25, -0.2) is 4.98 Å². The van der Waals surface area contributed by atoms with Gasteiger partial charge in [-0.15, -0.1) is 0 Å². The van der Waals surface area contributed by atoms with Crippen molar-refractivity contribution < 1.29 is 0 Å². The molecule has 1 radical (unpaired) electrons. The number of pyridine rings is 1. The van der Waals surface area contributed by atoms with Crippen LogP contribution in [0.3, 0.4) is 0 Å². The lowest BCUT2D eigenvalue weighted by molar-refractivity contribution is 1.24. The molecule has 1 heterocycles. The van der Waals surface area contributed by atoms with Crippen molar-refractivity contribution in [2.24, 2.45) is 0 Å². The molecule has 0 spiro atoms. The van der Waals surface area contributed by atoms with E-state index in [0.717, 1.165) is 9.08 Å². The molecule has 3 heteroatoms. The van der Waals surface area contributed by atoms with E-state index in [1.54, 1.807) is 0 Å². The van der Waals surface area contributed by atoms with E-state index in [4.69, 9.17) is 0 Å². The minimum Gasteiger partial charge on any atom is -0.238 e. The smallest absolute Gasteiger partial charge is 0.106 e. The van der Waals surface area contributed by atoms with E-state index in [2.05, 4.69) is 43.0 Å². The Kier molecular flexibility index (Phi) is 2.02. The molecule has 0 aliphatic heterocycles. The first-order chi connectivity index (χ1) is 3.79. The summed E-state index contributed by atoms with van der Waals surface area (Å²) in [6.45, 7) is 0. The SMILES string of the molecule is Brc1[c]nc(Br)cc1. The van der Waals surface area contributed by atoms with E-state index in [1.807, 2.05) is 12.1 Å². The van der Waals surface area contributed by atoms with Crippen LogP contribution in [0.5, 0.6) is 0 Å². The zero-order chi connectivity index (χ0) is 5.98. The molecule has 1 nitrogen and oxygen atoms in total. The van der Waals surface area contributed by atoms with Gasteiger partial charge in [0.15, 0.2) is 0 Å². The van der Waals surface area contributed by atoms with Crippen molar-refractivity contribution in [3.05, 3.63) is 27.4 Å². The van der Waals surface area contributed by atoms with Gasteiger partial charge in [0.25, 0.3) is 0 Å². The molecule has 0 bridgehead atoms. The van der Waals surface area contributed by atoms with Gasteiger partial charge < -0.3 is 0 Å². The molecule has 8 heavy (non-hydrogen) atoms. The van der Waals surface area contributed by atoms with E-state index in [9.17, 15) is 0 Å². The highest BCUT2D eigenvalue weighted by Crippen LogP contribution is 2.09. The molecular formula is C5H2Br2N. The van der Waals surface area contributed by atoms with Crippen LogP contribution in [-0.2, 0) is 0 Å². The predicted octanol–water partition coefficient (Wildman–Crippen LogP) is 2.41. The van der Waals surface area contributed by atoms with Crippen molar-refractivity contribution in [2.75, 3.05) is 0 Å². The third kappa shape index (κ3) is 1.56. The number of halogens is 2. The quantitative estimate of drug-likeness (QED) is 0.630. The van der Waals surface area contributed by atoms with Gasteiger partial charge in [0.05, 0.1) is 0 Å². The molecule has 0 aliphatic carbocycles. The second-order valence-corrected chi connectivity index (χ2v) is 2.89. The van der Waals surface area contributed by atoms with Gasteiger partial charge in [-0.1, -0.05) is 0 Å². The summed E-state index contributed by atoms with van der Waals surface area (Å²) in [4.78, 5) is 3.82. The molecule has 0 saturated carbocycles. The van der Waals surface area contributed by atoms with Gasteiger partial charge in [0.1, 0.15) is 10.8 Å². The zero-order valence-corrected chi connectivity index (χ0v) is 7.03. The van der Waals surface area contributed by atoms with Gasteiger partial charge in [0, 0.05) is 4.47 Å². The van der Waals surface area contributed by atoms with Crippen molar-refractivity contribution in [1.82, 2.24) is 4.98 Å². The summed E-state index contributed by atoms with van der Waals surface area (Å²) < 4.78 is 1.68. The van der Waals surface area contributed by atoms with E-state index in [0.29, 0.717) is 0 Å². The average molecular weight is 236 g/mol. The lowest BCUT2D eigenvalue weighted by Gasteiger charge is -1.85. The molecule has 41 valence electrons. The minimum atomic E-state index is 0.806. The largest absolute Gasteiger partial charge is 0.238 e. The fourth-order valence-corrected chi connectivity index (χ4v) is 0.765. The van der Waals surface area contributed by atoms with E-state index < -0.39 is 0 Å². The number of hydrogen-bond donors (Lipinski definition) is 0. The van der Waals surface area contributed by atoms with Crippen LogP contribution in [-0.4, -0.2) is 4.98 Å². The predicted molar refractivity (Wildman–Crippen MR) is 38.5 cm³/mol. The highest BCUT2D eigenvalue weighted by atomic mass is 79.9. The van der Waals surface area contributed by atoms with Crippen LogP contribution in [0.15, 0.2) is 21.2 Å². The van der Waals surface area contributed by atoms with E-state index in [-0.39, 0.29) is 0 Å². The van der Waals surface area contributed by atoms with Crippen LogP contribution in [0.2, 0.25) is 0 Å². The molecule has 1 rings (SSSR count). The third-order valence-electron chi connectivity index (χ3n) is 0.637. The summed E-state index contributed by atoms with van der Waals surface area (Å²) in [5.74, 6) is 0. The van der Waals surface area contributed by atoms with Crippen molar-refractivity contribution >= 4 is 31.9 Å². The van der Waals surface area contributed by atoms with Crippen LogP contribution >= 0.6 is 31.9 Å². The first-order valence-corrected chi connectivity index (χ1v) is 3.57. The van der Waals surface area contributed by atoms with Gasteiger partial charge >= 0.3 is 0 Å². The van der Waals surface area contributed by atoms with Crippen LogP contribution in [0.25, 0.3) is 0 Å². The maximum atomic E-state index is 3.82. The summed E-state index contributed by atoms with van der Waals surface area (Å²) in [7, 11) is 0. The van der Waals surface area contributed by atoms with Crippen LogP contribution in [0, 0.1) is 6.20 Å². The Morgan fingerprint density at radius 2 is 2.12 bits per heavy atom. The van der Waals surface area contributed by atoms with Gasteiger partial charge in [-0.05, 0) is 44.0 Å². The van der Waals surface area contributed by atoms with Gasteiger partial charge in [-0.2, -0.15) is 0 Å². The third-order valence-corrected chi connectivity index (χ3v) is 1.52. The minimum absolute atomic E-state index is 0.806. The maximum Gasteiger partial charge on any atom is 0.106 e. The second-order valence-electron chi connectivity index (χ2n) is 1.23. The Balaban J connectivity index is 3.03. The topological polar surface area (TPSA) is 12.9 Å². The molecule has 0 atom stereocenters. The van der Waals surface area contributed by atoms with Crippen LogP contribution in [0.1, 0.15) is 0 Å². The highest BCUT2D eigenvalue weighted by Gasteiger charge is 1.85. The molecular weight excluding hydrogens is 234 g/mol. The Morgan fingerprint density at radius 1 is 1.38 bits per heavy atom. The van der Waals surface area contributed by atoms with E-state index >= 15 is 0 Å². The monoisotopic (exact) mass is 234 g/mol. The average Bonchev–Trinajstić information content (AvgIpc) is 1.77. The van der Waals surface area contributed by atoms with Crippen LogP contribution < -0.4 is 0 Å². The maximum absolute atomic E-state index is 3.82. The number of aromatic nitrogens is 1. The first-order valence-electron chi connectivity index (χ1n) is 1.99. The Hall–Kier alpha value is 0.110. The molecule has 0 aromatic carbocycles. The second kappa shape index (κ2) is 2.60. The molecule has 0 amide bonds. The Bertz CT molecular complexity index is 149. The summed E-state index contributed by atoms with van der Waals surface area (Å²) in [6.07, 6.45) is 2.72. The van der Waals surface area contributed by atoms with Crippen molar-refractivity contribution in [1.29, 1.82) is 0 Å². The summed E-state index contributed by atoms with van der Waals surface area (Å²) in [5, 5.41) is 0. The number of rotatable bonds is 0. The summed E-state index contributed by atoms with van der Waals surface area (Å²) in [5.41, 5.74) is 0. The lowest BCUT2D eigenvalue weighted by atomic mass is 10.5. The standard InChI is InChI=1S/C5H2Br2N/c6-4-1-2-5(7)8-3-4/h1-2H. The molecule has 0 unspecified atom stereocenters. The fraction of sp³-hybridized carbons (Fsp3) is 0. The molecule has 0 fully saturated rings. The lowest BCUT2D eigenvalue weighted by Crippen LogP contribution is -1.71. The Labute approximate surface area is 64.4 Å². The Morgan fingerprint density at radius 3 is 2.50 bits per heavy atom. The van der Waals surface area contributed by atoms with Crippen molar-refractivity contribution in [2.45, 2.75) is 0 Å². The fourth-order valence-electron chi connectivity index (χ4n) is 0.323. The highest BCUT2D eigenvalue weighted by molar-refractivity contribution is 9.11. The van der Waals surface area contributed by atoms with Crippen molar-refractivity contribution in [3.63, 3.8) is 0 Å². The molecule has 0 aliphatic rings. The number of nitrogens with zero attached hydrogens (tertiary/aromatic N) is 1. The molecule has 1 aromatic rings. The molecule has 0 N–H and O–H groups in total. The first kappa shape index (κ1) is 6.23. The van der Waals surface area contributed by atoms with Gasteiger partial charge in [-0.3, -0.25) is 0 Å². The normalized spacial score (nSPS) is 9.25. The van der Waals surface area contributed by atoms with Crippen LogP contribution in [0.4, 0.5) is 0 Å². The van der Waals surface area contributed by atoms with Gasteiger partial charge in [0.2, 0.25) is 0 Å². The summed E-state index contributed by atoms with van der Waals surface area (Å²) in [6, 6.07) is 3.72. The zero-order valence-electron chi connectivity index (χ0n) is 3.86. The van der Waals surface area contributed by atoms with E-state index in [1.165, 1.54) is 0 Å². The number of hydrogen-bond acceptors (Lipinski definition) is 1. The molecule has 1 aromatic heterocycles. The molecule has 0 saturated heterocycles. The van der Waals surface area contributed by atoms with Crippen molar-refractivity contribution in [3.8, 4) is 0 Å².